The lowest BCUT2D eigenvalue weighted by atomic mass is 10.2. The van der Waals surface area contributed by atoms with E-state index in [-0.39, 0.29) is 5.76 Å². The van der Waals surface area contributed by atoms with Crippen LogP contribution in [0.2, 0.25) is 0 Å². The van der Waals surface area contributed by atoms with Gasteiger partial charge < -0.3 is 14.2 Å². The zero-order chi connectivity index (χ0) is 18.6. The number of hydrogen-bond donors (Lipinski definition) is 0. The summed E-state index contributed by atoms with van der Waals surface area (Å²) in [5, 5.41) is 0. The normalized spacial score (nSPS) is 11.1. The Balaban J connectivity index is 2.01. The molecule has 0 aliphatic carbocycles. The summed E-state index contributed by atoms with van der Waals surface area (Å²) in [6, 6.07) is 17.5. The summed E-state index contributed by atoms with van der Waals surface area (Å²) < 4.78 is 16.5. The lowest BCUT2D eigenvalue weighted by Crippen LogP contribution is -2.11. The average Bonchev–Trinajstić information content (AvgIpc) is 2.69. The third-order valence-electron chi connectivity index (χ3n) is 3.53. The average molecular weight is 354 g/mol. The molecule has 0 N–H and O–H groups in total. The Bertz CT molecular complexity index is 690. The van der Waals surface area contributed by atoms with E-state index >= 15 is 0 Å². The standard InChI is InChI=1S/C22H26O4/c1-3-14-24-21(22(23)25-15-4-2)16-18-10-12-20(13-11-18)26-17-19-8-6-5-7-9-19/h5-13,16H,3-4,14-15,17H2,1-2H3/b21-16-. The van der Waals surface area contributed by atoms with Gasteiger partial charge in [0.05, 0.1) is 13.2 Å². The minimum Gasteiger partial charge on any atom is -0.489 e. The van der Waals surface area contributed by atoms with Crippen LogP contribution in [0.25, 0.3) is 6.08 Å². The van der Waals surface area contributed by atoms with E-state index in [1.807, 2.05) is 68.4 Å². The lowest BCUT2D eigenvalue weighted by molar-refractivity contribution is -0.142. The molecule has 0 saturated carbocycles. The monoisotopic (exact) mass is 354 g/mol. The second kappa shape index (κ2) is 11.0. The molecule has 0 heterocycles. The Hall–Kier alpha value is -2.75. The van der Waals surface area contributed by atoms with Crippen molar-refractivity contribution >= 4 is 12.0 Å². The predicted octanol–water partition coefficient (Wildman–Crippen LogP) is 4.99. The fraction of sp³-hybridized carbons (Fsp3) is 0.318. The summed E-state index contributed by atoms with van der Waals surface area (Å²) >= 11 is 0. The second-order valence-corrected chi connectivity index (χ2v) is 5.84. The first-order valence-electron chi connectivity index (χ1n) is 9.01. The van der Waals surface area contributed by atoms with Gasteiger partial charge in [-0.25, -0.2) is 4.79 Å². The first-order valence-corrected chi connectivity index (χ1v) is 9.01. The van der Waals surface area contributed by atoms with Crippen molar-refractivity contribution in [2.24, 2.45) is 0 Å². The predicted molar refractivity (Wildman–Crippen MR) is 103 cm³/mol. The molecular weight excluding hydrogens is 328 g/mol. The maximum Gasteiger partial charge on any atom is 0.373 e. The van der Waals surface area contributed by atoms with Crippen LogP contribution in [-0.4, -0.2) is 19.2 Å². The maximum atomic E-state index is 12.1. The first-order chi connectivity index (χ1) is 12.7. The SMILES string of the molecule is CCCOC(=O)/C(=C/c1ccc(OCc2ccccc2)cc1)OCCC. The molecule has 0 amide bonds. The summed E-state index contributed by atoms with van der Waals surface area (Å²) in [5.74, 6) is 0.582. The highest BCUT2D eigenvalue weighted by molar-refractivity contribution is 5.91. The molecule has 2 aromatic rings. The molecule has 138 valence electrons. The maximum absolute atomic E-state index is 12.1. The molecule has 0 atom stereocenters. The molecule has 0 unspecified atom stereocenters. The largest absolute Gasteiger partial charge is 0.489 e. The van der Waals surface area contributed by atoms with E-state index in [0.29, 0.717) is 19.8 Å². The smallest absolute Gasteiger partial charge is 0.373 e. The Morgan fingerprint density at radius 3 is 2.19 bits per heavy atom. The van der Waals surface area contributed by atoms with Crippen LogP contribution in [0, 0.1) is 0 Å². The third kappa shape index (κ3) is 6.63. The Morgan fingerprint density at radius 2 is 1.54 bits per heavy atom. The van der Waals surface area contributed by atoms with Gasteiger partial charge >= 0.3 is 5.97 Å². The Labute approximate surface area is 155 Å². The van der Waals surface area contributed by atoms with E-state index in [2.05, 4.69) is 0 Å². The number of hydrogen-bond acceptors (Lipinski definition) is 4. The number of rotatable bonds is 10. The van der Waals surface area contributed by atoms with Crippen molar-refractivity contribution in [1.29, 1.82) is 0 Å². The molecule has 2 aromatic carbocycles. The summed E-state index contributed by atoms with van der Waals surface area (Å²) in [4.78, 5) is 12.1. The van der Waals surface area contributed by atoms with Crippen LogP contribution in [0.3, 0.4) is 0 Å². The van der Waals surface area contributed by atoms with Crippen LogP contribution in [0.4, 0.5) is 0 Å². The van der Waals surface area contributed by atoms with Gasteiger partial charge in [0.15, 0.2) is 0 Å². The molecule has 0 aliphatic rings. The van der Waals surface area contributed by atoms with E-state index in [4.69, 9.17) is 14.2 Å². The molecule has 0 bridgehead atoms. The molecule has 0 radical (unpaired) electrons. The van der Waals surface area contributed by atoms with Crippen molar-refractivity contribution in [3.8, 4) is 5.75 Å². The van der Waals surface area contributed by atoms with E-state index in [1.54, 1.807) is 6.08 Å². The van der Waals surface area contributed by atoms with Crippen LogP contribution < -0.4 is 4.74 Å². The Kier molecular flexibility index (Phi) is 8.27. The number of ether oxygens (including phenoxy) is 3. The zero-order valence-corrected chi connectivity index (χ0v) is 15.4. The van der Waals surface area contributed by atoms with Crippen molar-refractivity contribution in [2.75, 3.05) is 13.2 Å². The highest BCUT2D eigenvalue weighted by atomic mass is 16.6. The van der Waals surface area contributed by atoms with Crippen molar-refractivity contribution in [3.63, 3.8) is 0 Å². The topological polar surface area (TPSA) is 44.8 Å². The fourth-order valence-electron chi connectivity index (χ4n) is 2.19. The number of carbonyl (C=O) groups is 1. The summed E-state index contributed by atoms with van der Waals surface area (Å²) in [6.07, 6.45) is 3.31. The molecule has 26 heavy (non-hydrogen) atoms. The third-order valence-corrected chi connectivity index (χ3v) is 3.53. The van der Waals surface area contributed by atoms with Gasteiger partial charge in [0.1, 0.15) is 12.4 Å². The fourth-order valence-corrected chi connectivity index (χ4v) is 2.19. The van der Waals surface area contributed by atoms with Crippen LogP contribution >= 0.6 is 0 Å². The first kappa shape index (κ1) is 19.6. The van der Waals surface area contributed by atoms with Gasteiger partial charge in [-0.2, -0.15) is 0 Å². The molecule has 0 aromatic heterocycles. The van der Waals surface area contributed by atoms with Gasteiger partial charge in [-0.1, -0.05) is 56.3 Å². The summed E-state index contributed by atoms with van der Waals surface area (Å²) in [7, 11) is 0. The molecular formula is C22H26O4. The minimum absolute atomic E-state index is 0.234. The number of carbonyl (C=O) groups excluding carboxylic acids is 1. The quantitative estimate of drug-likeness (QED) is 0.343. The van der Waals surface area contributed by atoms with Gasteiger partial charge in [-0.3, -0.25) is 0 Å². The lowest BCUT2D eigenvalue weighted by Gasteiger charge is -2.10. The van der Waals surface area contributed by atoms with Crippen molar-refractivity contribution in [3.05, 3.63) is 71.5 Å². The highest BCUT2D eigenvalue weighted by Gasteiger charge is 2.12. The number of esters is 1. The minimum atomic E-state index is -0.426. The van der Waals surface area contributed by atoms with Gasteiger partial charge in [0.2, 0.25) is 5.76 Å². The van der Waals surface area contributed by atoms with Crippen LogP contribution in [-0.2, 0) is 20.9 Å². The molecule has 0 aliphatic heterocycles. The van der Waals surface area contributed by atoms with E-state index in [0.717, 1.165) is 29.7 Å². The molecule has 4 heteroatoms. The van der Waals surface area contributed by atoms with Crippen molar-refractivity contribution in [2.45, 2.75) is 33.3 Å². The van der Waals surface area contributed by atoms with E-state index < -0.39 is 5.97 Å². The van der Waals surface area contributed by atoms with Gasteiger partial charge in [-0.05, 0) is 42.2 Å². The molecule has 4 nitrogen and oxygen atoms in total. The van der Waals surface area contributed by atoms with Crippen LogP contribution in [0.5, 0.6) is 5.75 Å². The molecule has 0 fully saturated rings. The molecule has 2 rings (SSSR count). The van der Waals surface area contributed by atoms with Gasteiger partial charge in [0.25, 0.3) is 0 Å². The van der Waals surface area contributed by atoms with Crippen molar-refractivity contribution < 1.29 is 19.0 Å². The van der Waals surface area contributed by atoms with E-state index in [1.165, 1.54) is 0 Å². The molecule has 0 spiro atoms. The molecule has 0 saturated heterocycles. The number of benzene rings is 2. The Morgan fingerprint density at radius 1 is 0.885 bits per heavy atom. The van der Waals surface area contributed by atoms with Crippen molar-refractivity contribution in [1.82, 2.24) is 0 Å². The van der Waals surface area contributed by atoms with Gasteiger partial charge in [-0.15, -0.1) is 0 Å². The van der Waals surface area contributed by atoms with Crippen LogP contribution in [0.1, 0.15) is 37.8 Å². The zero-order valence-electron chi connectivity index (χ0n) is 15.4. The highest BCUT2D eigenvalue weighted by Crippen LogP contribution is 2.17. The summed E-state index contributed by atoms with van der Waals surface area (Å²) in [5.41, 5.74) is 1.97. The van der Waals surface area contributed by atoms with Gasteiger partial charge in [0, 0.05) is 0 Å². The van der Waals surface area contributed by atoms with Crippen LogP contribution in [0.15, 0.2) is 60.4 Å². The van der Waals surface area contributed by atoms with E-state index in [9.17, 15) is 4.79 Å². The second-order valence-electron chi connectivity index (χ2n) is 5.84. The summed E-state index contributed by atoms with van der Waals surface area (Å²) in [6.45, 7) is 5.33.